The van der Waals surface area contributed by atoms with E-state index < -0.39 is 0 Å². The topological polar surface area (TPSA) is 47.0 Å². The highest BCUT2D eigenvalue weighted by Gasteiger charge is 2.54. The van der Waals surface area contributed by atoms with Gasteiger partial charge in [-0.3, -0.25) is 4.90 Å². The lowest BCUT2D eigenvalue weighted by atomic mass is 9.68. The molecule has 3 aliphatic rings. The van der Waals surface area contributed by atoms with E-state index in [0.717, 1.165) is 38.8 Å². The summed E-state index contributed by atoms with van der Waals surface area (Å²) >= 11 is 0. The Bertz CT molecular complexity index is 723. The fourth-order valence-corrected chi connectivity index (χ4v) is 5.96. The van der Waals surface area contributed by atoms with Crippen LogP contribution in [0.2, 0.25) is 0 Å². The van der Waals surface area contributed by atoms with E-state index >= 15 is 0 Å². The number of rotatable bonds is 7. The van der Waals surface area contributed by atoms with E-state index in [-0.39, 0.29) is 29.6 Å². The van der Waals surface area contributed by atoms with Gasteiger partial charge in [0.1, 0.15) is 0 Å². The first-order chi connectivity index (χ1) is 14.4. The number of carbonyl (C=O) groups is 1. The molecule has 5 heteroatoms. The van der Waals surface area contributed by atoms with Gasteiger partial charge in [-0.05, 0) is 70.0 Å². The van der Waals surface area contributed by atoms with Crippen molar-refractivity contribution in [3.63, 3.8) is 0 Å². The SMILES string of the molecule is C[C@H](CO)CN1CC2(CCC(c3ccccc3)(N(C)C)CC2)N(CC2CCC2)C1=O. The Balaban J connectivity index is 1.57. The van der Waals surface area contributed by atoms with Crippen LogP contribution in [0.4, 0.5) is 4.79 Å². The molecular weight excluding hydrogens is 374 g/mol. The molecule has 5 nitrogen and oxygen atoms in total. The van der Waals surface area contributed by atoms with Crippen molar-refractivity contribution >= 4 is 6.03 Å². The number of nitrogens with zero attached hydrogens (tertiary/aromatic N) is 3. The standard InChI is InChI=1S/C25H39N3O2/c1-20(18-29)16-27-19-24(28(23(27)30)17-21-8-7-9-21)12-14-25(15-13-24,26(2)3)22-10-5-4-6-11-22/h4-6,10-11,20-21,29H,7-9,12-19H2,1-3H3/t20-,24?,25?/m0/s1. The quantitative estimate of drug-likeness (QED) is 0.737. The molecule has 1 spiro atoms. The van der Waals surface area contributed by atoms with Crippen molar-refractivity contribution in [2.24, 2.45) is 11.8 Å². The predicted octanol–water partition coefficient (Wildman–Crippen LogP) is 3.92. The third-order valence-electron chi connectivity index (χ3n) is 8.24. The van der Waals surface area contributed by atoms with Crippen molar-refractivity contribution in [3.05, 3.63) is 35.9 Å². The van der Waals surface area contributed by atoms with Crippen LogP contribution in [-0.4, -0.2) is 71.7 Å². The van der Waals surface area contributed by atoms with Gasteiger partial charge in [-0.2, -0.15) is 0 Å². The summed E-state index contributed by atoms with van der Waals surface area (Å²) in [5.41, 5.74) is 1.39. The number of aliphatic hydroxyl groups is 1. The molecule has 0 aromatic heterocycles. The van der Waals surface area contributed by atoms with Gasteiger partial charge in [0, 0.05) is 31.8 Å². The van der Waals surface area contributed by atoms with Crippen molar-refractivity contribution < 1.29 is 9.90 Å². The molecule has 1 heterocycles. The molecule has 3 fully saturated rings. The van der Waals surface area contributed by atoms with E-state index in [1.807, 2.05) is 11.8 Å². The molecule has 2 aliphatic carbocycles. The highest BCUT2D eigenvalue weighted by atomic mass is 16.3. The minimum atomic E-state index is -0.0455. The Labute approximate surface area is 182 Å². The molecule has 30 heavy (non-hydrogen) atoms. The number of carbonyl (C=O) groups excluding carboxylic acids is 1. The van der Waals surface area contributed by atoms with E-state index in [1.165, 1.54) is 24.8 Å². The highest BCUT2D eigenvalue weighted by Crippen LogP contribution is 2.49. The first-order valence-corrected chi connectivity index (χ1v) is 11.8. The lowest BCUT2D eigenvalue weighted by molar-refractivity contribution is 0.0157. The molecule has 0 bridgehead atoms. The minimum Gasteiger partial charge on any atom is -0.396 e. The summed E-state index contributed by atoms with van der Waals surface area (Å²) in [5, 5.41) is 9.54. The average Bonchev–Trinajstić information content (AvgIpc) is 2.96. The second kappa shape index (κ2) is 8.51. The van der Waals surface area contributed by atoms with Gasteiger partial charge in [0.15, 0.2) is 0 Å². The third kappa shape index (κ3) is 3.75. The van der Waals surface area contributed by atoms with Crippen LogP contribution in [0.1, 0.15) is 57.4 Å². The van der Waals surface area contributed by atoms with Gasteiger partial charge in [-0.1, -0.05) is 43.7 Å². The Hall–Kier alpha value is -1.59. The van der Waals surface area contributed by atoms with Crippen LogP contribution in [-0.2, 0) is 5.54 Å². The summed E-state index contributed by atoms with van der Waals surface area (Å²) in [6.45, 7) is 4.57. The first kappa shape index (κ1) is 21.6. The van der Waals surface area contributed by atoms with Gasteiger partial charge >= 0.3 is 6.03 Å². The highest BCUT2D eigenvalue weighted by molar-refractivity contribution is 5.78. The number of hydrogen-bond acceptors (Lipinski definition) is 3. The maximum atomic E-state index is 13.4. The summed E-state index contributed by atoms with van der Waals surface area (Å²) in [4.78, 5) is 20.1. The normalized spacial score (nSPS) is 30.9. The second-order valence-electron chi connectivity index (χ2n) is 10.4. The molecule has 166 valence electrons. The molecule has 0 unspecified atom stereocenters. The van der Waals surface area contributed by atoms with E-state index in [0.29, 0.717) is 12.5 Å². The minimum absolute atomic E-state index is 0.0451. The van der Waals surface area contributed by atoms with Gasteiger partial charge in [0.05, 0.1) is 5.54 Å². The van der Waals surface area contributed by atoms with Gasteiger partial charge < -0.3 is 14.9 Å². The third-order valence-corrected chi connectivity index (χ3v) is 8.24. The van der Waals surface area contributed by atoms with Crippen LogP contribution in [0.25, 0.3) is 0 Å². The number of benzene rings is 1. The largest absolute Gasteiger partial charge is 0.396 e. The molecule has 1 saturated heterocycles. The van der Waals surface area contributed by atoms with Crippen molar-refractivity contribution in [3.8, 4) is 0 Å². The fraction of sp³-hybridized carbons (Fsp3) is 0.720. The van der Waals surface area contributed by atoms with Crippen molar-refractivity contribution in [1.82, 2.24) is 14.7 Å². The van der Waals surface area contributed by atoms with Crippen LogP contribution in [0.3, 0.4) is 0 Å². The molecule has 0 radical (unpaired) electrons. The number of aliphatic hydroxyl groups excluding tert-OH is 1. The second-order valence-corrected chi connectivity index (χ2v) is 10.4. The van der Waals surface area contributed by atoms with Crippen LogP contribution >= 0.6 is 0 Å². The van der Waals surface area contributed by atoms with E-state index in [4.69, 9.17) is 0 Å². The lowest BCUT2D eigenvalue weighted by Gasteiger charge is -2.51. The van der Waals surface area contributed by atoms with E-state index in [2.05, 4.69) is 54.2 Å². The maximum Gasteiger partial charge on any atom is 0.320 e. The van der Waals surface area contributed by atoms with Crippen LogP contribution in [0.15, 0.2) is 30.3 Å². The molecule has 2 saturated carbocycles. The molecule has 1 N–H and O–H groups in total. The fourth-order valence-electron chi connectivity index (χ4n) is 5.96. The zero-order chi connectivity index (χ0) is 21.4. The molecule has 2 amide bonds. The van der Waals surface area contributed by atoms with Gasteiger partial charge in [-0.15, -0.1) is 0 Å². The number of urea groups is 1. The van der Waals surface area contributed by atoms with Crippen LogP contribution < -0.4 is 0 Å². The number of hydrogen-bond donors (Lipinski definition) is 1. The smallest absolute Gasteiger partial charge is 0.320 e. The van der Waals surface area contributed by atoms with Crippen LogP contribution in [0, 0.1) is 11.8 Å². The van der Waals surface area contributed by atoms with Gasteiger partial charge in [-0.25, -0.2) is 4.79 Å². The summed E-state index contributed by atoms with van der Waals surface area (Å²) in [6.07, 6.45) is 8.06. The number of amides is 2. The summed E-state index contributed by atoms with van der Waals surface area (Å²) < 4.78 is 0. The maximum absolute atomic E-state index is 13.4. The Kier molecular flexibility index (Phi) is 6.13. The summed E-state index contributed by atoms with van der Waals surface area (Å²) in [6, 6.07) is 11.1. The molecule has 1 aromatic rings. The van der Waals surface area contributed by atoms with E-state index in [1.54, 1.807) is 0 Å². The monoisotopic (exact) mass is 413 g/mol. The summed E-state index contributed by atoms with van der Waals surface area (Å²) in [5.74, 6) is 0.805. The average molecular weight is 414 g/mol. The van der Waals surface area contributed by atoms with Crippen LogP contribution in [0.5, 0.6) is 0 Å². The Morgan fingerprint density at radius 3 is 2.33 bits per heavy atom. The molecule has 1 atom stereocenters. The van der Waals surface area contributed by atoms with Crippen molar-refractivity contribution in [1.29, 1.82) is 0 Å². The summed E-state index contributed by atoms with van der Waals surface area (Å²) in [7, 11) is 4.40. The van der Waals surface area contributed by atoms with Crippen molar-refractivity contribution in [2.45, 2.75) is 62.9 Å². The molecule has 4 rings (SSSR count). The van der Waals surface area contributed by atoms with E-state index in [9.17, 15) is 9.90 Å². The zero-order valence-corrected chi connectivity index (χ0v) is 19.0. The lowest BCUT2D eigenvalue weighted by Crippen LogP contribution is -2.56. The molecular formula is C25H39N3O2. The zero-order valence-electron chi connectivity index (χ0n) is 19.0. The Morgan fingerprint density at radius 2 is 1.80 bits per heavy atom. The molecule has 1 aliphatic heterocycles. The Morgan fingerprint density at radius 1 is 1.13 bits per heavy atom. The predicted molar refractivity (Wildman–Crippen MR) is 120 cm³/mol. The van der Waals surface area contributed by atoms with Gasteiger partial charge in [0.2, 0.25) is 0 Å². The van der Waals surface area contributed by atoms with Gasteiger partial charge in [0.25, 0.3) is 0 Å². The van der Waals surface area contributed by atoms with Crippen molar-refractivity contribution in [2.75, 3.05) is 40.3 Å². The first-order valence-electron chi connectivity index (χ1n) is 11.8. The molecule has 1 aromatic carbocycles.